The van der Waals surface area contributed by atoms with Crippen LogP contribution < -0.4 is 5.69 Å². The number of hydrogen-bond acceptors (Lipinski definition) is 5. The molecular formula is C16H12N4O3. The van der Waals surface area contributed by atoms with Crippen molar-refractivity contribution in [3.8, 4) is 17.6 Å². The van der Waals surface area contributed by atoms with E-state index >= 15 is 0 Å². The average molecular weight is 308 g/mol. The van der Waals surface area contributed by atoms with Crippen molar-refractivity contribution in [1.82, 2.24) is 14.1 Å². The predicted octanol–water partition coefficient (Wildman–Crippen LogP) is 1.20. The number of benzene rings is 1. The molecule has 114 valence electrons. The van der Waals surface area contributed by atoms with Gasteiger partial charge in [-0.3, -0.25) is 9.55 Å². The molecule has 0 bridgehead atoms. The van der Waals surface area contributed by atoms with Gasteiger partial charge in [0.15, 0.2) is 0 Å². The molecule has 0 aliphatic carbocycles. The van der Waals surface area contributed by atoms with Crippen molar-refractivity contribution < 1.29 is 10.2 Å². The van der Waals surface area contributed by atoms with Gasteiger partial charge in [0.2, 0.25) is 5.88 Å². The minimum Gasteiger partial charge on any atom is -0.493 e. The van der Waals surface area contributed by atoms with E-state index in [-0.39, 0.29) is 11.6 Å². The minimum atomic E-state index is -0.855. The van der Waals surface area contributed by atoms with Crippen molar-refractivity contribution in [2.45, 2.75) is 19.1 Å². The van der Waals surface area contributed by atoms with Crippen LogP contribution in [0.15, 0.2) is 35.3 Å². The van der Waals surface area contributed by atoms with E-state index in [2.05, 4.69) is 11.1 Å². The summed E-state index contributed by atoms with van der Waals surface area (Å²) in [6, 6.07) is 8.68. The van der Waals surface area contributed by atoms with E-state index in [0.29, 0.717) is 35.1 Å². The molecule has 0 fully saturated rings. The normalized spacial score (nSPS) is 16.4. The molecule has 3 aromatic rings. The van der Waals surface area contributed by atoms with Gasteiger partial charge >= 0.3 is 5.69 Å². The maximum absolute atomic E-state index is 12.6. The summed E-state index contributed by atoms with van der Waals surface area (Å²) < 4.78 is 2.53. The summed E-state index contributed by atoms with van der Waals surface area (Å²) in [6.07, 6.45) is 1.12. The van der Waals surface area contributed by atoms with Crippen LogP contribution in [0.3, 0.4) is 0 Å². The number of aliphatic hydroxyl groups excluding tert-OH is 1. The molecule has 0 unspecified atom stereocenters. The molecule has 2 aromatic heterocycles. The monoisotopic (exact) mass is 308 g/mol. The molecule has 3 heterocycles. The summed E-state index contributed by atoms with van der Waals surface area (Å²) in [5, 5.41) is 30.2. The molecule has 2 N–H and O–H groups in total. The number of nitriles is 1. The second kappa shape index (κ2) is 4.69. The molecule has 7 heteroatoms. The highest BCUT2D eigenvalue weighted by Crippen LogP contribution is 2.34. The molecule has 7 nitrogen and oxygen atoms in total. The topological polar surface area (TPSA) is 104 Å². The first-order valence-electron chi connectivity index (χ1n) is 7.14. The number of aromatic hydroxyl groups is 1. The zero-order valence-electron chi connectivity index (χ0n) is 12.0. The Morgan fingerprint density at radius 2 is 2.17 bits per heavy atom. The van der Waals surface area contributed by atoms with Crippen LogP contribution in [0.4, 0.5) is 0 Å². The van der Waals surface area contributed by atoms with Gasteiger partial charge in [-0.25, -0.2) is 9.36 Å². The number of pyridine rings is 1. The first kappa shape index (κ1) is 13.5. The molecule has 4 rings (SSSR count). The zero-order valence-corrected chi connectivity index (χ0v) is 12.0. The molecule has 0 spiro atoms. The molecule has 1 aromatic carbocycles. The van der Waals surface area contributed by atoms with Crippen LogP contribution in [0.1, 0.15) is 23.8 Å². The molecule has 0 saturated heterocycles. The van der Waals surface area contributed by atoms with Gasteiger partial charge in [0.05, 0.1) is 16.8 Å². The molecule has 1 aliphatic heterocycles. The summed E-state index contributed by atoms with van der Waals surface area (Å²) in [7, 11) is 0. The number of aromatic nitrogens is 3. The highest BCUT2D eigenvalue weighted by molar-refractivity contribution is 5.91. The maximum Gasteiger partial charge on any atom is 0.336 e. The van der Waals surface area contributed by atoms with Crippen LogP contribution in [0.2, 0.25) is 0 Å². The van der Waals surface area contributed by atoms with E-state index in [0.717, 1.165) is 4.57 Å². The fourth-order valence-corrected chi connectivity index (χ4v) is 3.14. The van der Waals surface area contributed by atoms with E-state index in [1.165, 1.54) is 4.57 Å². The Labute approximate surface area is 130 Å². The SMILES string of the molecule is N#Cc1ccc(-n2c(O)c3n(c2=O)CC[C@H]3O)c2cccnc12. The minimum absolute atomic E-state index is 0.233. The highest BCUT2D eigenvalue weighted by atomic mass is 16.3. The number of aliphatic hydroxyl groups is 1. The summed E-state index contributed by atoms with van der Waals surface area (Å²) in [5.74, 6) is -0.269. The lowest BCUT2D eigenvalue weighted by molar-refractivity contribution is 0.175. The maximum atomic E-state index is 12.6. The largest absolute Gasteiger partial charge is 0.493 e. The van der Waals surface area contributed by atoms with Gasteiger partial charge in [0.1, 0.15) is 17.9 Å². The van der Waals surface area contributed by atoms with Gasteiger partial charge in [-0.05, 0) is 30.7 Å². The second-order valence-electron chi connectivity index (χ2n) is 5.43. The van der Waals surface area contributed by atoms with E-state index in [1.54, 1.807) is 30.5 Å². The number of hydrogen-bond donors (Lipinski definition) is 2. The number of imidazole rings is 1. The van der Waals surface area contributed by atoms with Crippen LogP contribution in [0.5, 0.6) is 5.88 Å². The lowest BCUT2D eigenvalue weighted by atomic mass is 10.1. The summed E-state index contributed by atoms with van der Waals surface area (Å²) in [6.45, 7) is 0.363. The van der Waals surface area contributed by atoms with Gasteiger partial charge in [0, 0.05) is 18.1 Å². The lowest BCUT2D eigenvalue weighted by Gasteiger charge is -2.09. The van der Waals surface area contributed by atoms with Gasteiger partial charge in [-0.2, -0.15) is 5.26 Å². The van der Waals surface area contributed by atoms with Gasteiger partial charge < -0.3 is 10.2 Å². The Hall–Kier alpha value is -3.11. The summed E-state index contributed by atoms with van der Waals surface area (Å²) >= 11 is 0. The Morgan fingerprint density at radius 1 is 1.35 bits per heavy atom. The molecular weight excluding hydrogens is 296 g/mol. The number of rotatable bonds is 1. The fraction of sp³-hybridized carbons (Fsp3) is 0.188. The summed E-state index contributed by atoms with van der Waals surface area (Å²) in [4.78, 5) is 16.8. The first-order valence-corrected chi connectivity index (χ1v) is 7.14. The Kier molecular flexibility index (Phi) is 2.76. The second-order valence-corrected chi connectivity index (χ2v) is 5.43. The average Bonchev–Trinajstić information content (AvgIpc) is 3.07. The molecule has 0 amide bonds. The van der Waals surface area contributed by atoms with Crippen LogP contribution in [0, 0.1) is 11.3 Å². The van der Waals surface area contributed by atoms with Gasteiger partial charge in [0.25, 0.3) is 0 Å². The smallest absolute Gasteiger partial charge is 0.336 e. The van der Waals surface area contributed by atoms with Crippen LogP contribution in [-0.2, 0) is 6.54 Å². The van der Waals surface area contributed by atoms with Crippen LogP contribution >= 0.6 is 0 Å². The Balaban J connectivity index is 2.09. The molecule has 0 radical (unpaired) electrons. The molecule has 0 saturated carbocycles. The number of nitrogens with zero attached hydrogens (tertiary/aromatic N) is 4. The van der Waals surface area contributed by atoms with Crippen molar-refractivity contribution in [1.29, 1.82) is 5.26 Å². The molecule has 1 atom stereocenters. The fourth-order valence-electron chi connectivity index (χ4n) is 3.14. The predicted molar refractivity (Wildman–Crippen MR) is 81.3 cm³/mol. The van der Waals surface area contributed by atoms with Gasteiger partial charge in [-0.15, -0.1) is 0 Å². The third-order valence-electron chi connectivity index (χ3n) is 4.20. The Bertz CT molecular complexity index is 1040. The van der Waals surface area contributed by atoms with Gasteiger partial charge in [-0.1, -0.05) is 0 Å². The molecule has 23 heavy (non-hydrogen) atoms. The van der Waals surface area contributed by atoms with Crippen LogP contribution in [-0.4, -0.2) is 24.3 Å². The van der Waals surface area contributed by atoms with Crippen LogP contribution in [0.25, 0.3) is 16.6 Å². The quantitative estimate of drug-likeness (QED) is 0.703. The van der Waals surface area contributed by atoms with Crippen molar-refractivity contribution >= 4 is 10.9 Å². The van der Waals surface area contributed by atoms with Crippen molar-refractivity contribution in [3.63, 3.8) is 0 Å². The number of fused-ring (bicyclic) bond motifs is 2. The van der Waals surface area contributed by atoms with Crippen molar-refractivity contribution in [2.75, 3.05) is 0 Å². The third kappa shape index (κ3) is 1.73. The van der Waals surface area contributed by atoms with E-state index in [4.69, 9.17) is 0 Å². The van der Waals surface area contributed by atoms with Crippen molar-refractivity contribution in [2.24, 2.45) is 0 Å². The van der Waals surface area contributed by atoms with E-state index < -0.39 is 11.8 Å². The summed E-state index contributed by atoms with van der Waals surface area (Å²) in [5.41, 5.74) is 1.11. The van der Waals surface area contributed by atoms with E-state index in [1.807, 2.05) is 0 Å². The highest BCUT2D eigenvalue weighted by Gasteiger charge is 2.31. The molecule has 1 aliphatic rings. The zero-order chi connectivity index (χ0) is 16.1. The third-order valence-corrected chi connectivity index (χ3v) is 4.20. The first-order chi connectivity index (χ1) is 11.1. The van der Waals surface area contributed by atoms with Crippen molar-refractivity contribution in [3.05, 3.63) is 52.2 Å². The lowest BCUT2D eigenvalue weighted by Crippen LogP contribution is -2.22. The Morgan fingerprint density at radius 3 is 2.91 bits per heavy atom. The standard InChI is InChI=1S/C16H12N4O3/c17-8-9-3-4-11(10-2-1-6-18-13(9)10)20-15(22)14-12(21)5-7-19(14)16(20)23/h1-4,6,12,21-22H,5,7H2/t12-/m1/s1. The van der Waals surface area contributed by atoms with E-state index in [9.17, 15) is 20.3 Å².